The highest BCUT2D eigenvalue weighted by molar-refractivity contribution is 6.33. The Kier molecular flexibility index (Phi) is 4.11. The van der Waals surface area contributed by atoms with E-state index in [2.05, 4.69) is 10.4 Å². The van der Waals surface area contributed by atoms with Crippen molar-refractivity contribution in [2.45, 2.75) is 19.4 Å². The molecule has 1 heterocycles. The minimum absolute atomic E-state index is 0.164. The predicted octanol–water partition coefficient (Wildman–Crippen LogP) is 2.03. The number of aliphatic hydroxyl groups excluding tert-OH is 1. The summed E-state index contributed by atoms with van der Waals surface area (Å²) in [6.45, 7) is 3.28. The number of carbonyl (C=O) groups excluding carboxylic acids is 1. The third-order valence-electron chi connectivity index (χ3n) is 2.80. The average molecular weight is 294 g/mol. The van der Waals surface area contributed by atoms with Crippen molar-refractivity contribution in [2.24, 2.45) is 0 Å². The molecule has 0 aliphatic carbocycles. The van der Waals surface area contributed by atoms with Crippen molar-refractivity contribution in [3.8, 4) is 5.69 Å². The van der Waals surface area contributed by atoms with E-state index in [0.717, 1.165) is 5.69 Å². The smallest absolute Gasteiger partial charge is 0.256 e. The van der Waals surface area contributed by atoms with Crippen LogP contribution in [0.3, 0.4) is 0 Å². The minimum atomic E-state index is -0.713. The molecular formula is C14H16ClN3O2. The Labute approximate surface area is 122 Å². The van der Waals surface area contributed by atoms with E-state index in [1.54, 1.807) is 13.8 Å². The largest absolute Gasteiger partial charge is 0.394 e. The number of hydrogen-bond donors (Lipinski definition) is 2. The van der Waals surface area contributed by atoms with Crippen LogP contribution in [-0.4, -0.2) is 32.9 Å². The van der Waals surface area contributed by atoms with Gasteiger partial charge in [-0.3, -0.25) is 4.79 Å². The fraction of sp³-hybridized carbons (Fsp3) is 0.286. The number of amides is 1. The number of nitrogens with zero attached hydrogens (tertiary/aromatic N) is 2. The van der Waals surface area contributed by atoms with Crippen molar-refractivity contribution < 1.29 is 9.90 Å². The van der Waals surface area contributed by atoms with Gasteiger partial charge in [0.05, 0.1) is 29.6 Å². The Balaban J connectivity index is 2.28. The Morgan fingerprint density at radius 1 is 1.40 bits per heavy atom. The lowest BCUT2D eigenvalue weighted by Crippen LogP contribution is -2.46. The summed E-state index contributed by atoms with van der Waals surface area (Å²) in [6, 6.07) is 9.30. The Morgan fingerprint density at radius 2 is 2.05 bits per heavy atom. The molecule has 0 fully saturated rings. The summed E-state index contributed by atoms with van der Waals surface area (Å²) in [6.07, 6.45) is 1.41. The highest BCUT2D eigenvalue weighted by Gasteiger charge is 2.23. The van der Waals surface area contributed by atoms with Gasteiger partial charge in [0.2, 0.25) is 0 Å². The average Bonchev–Trinajstić information content (AvgIpc) is 2.81. The van der Waals surface area contributed by atoms with Crippen molar-refractivity contribution >= 4 is 17.5 Å². The monoisotopic (exact) mass is 293 g/mol. The van der Waals surface area contributed by atoms with Gasteiger partial charge >= 0.3 is 0 Å². The maximum Gasteiger partial charge on any atom is 0.256 e. The third-order valence-corrected chi connectivity index (χ3v) is 3.17. The first-order valence-corrected chi connectivity index (χ1v) is 6.55. The zero-order chi connectivity index (χ0) is 14.8. The lowest BCUT2D eigenvalue weighted by atomic mass is 10.1. The summed E-state index contributed by atoms with van der Waals surface area (Å²) in [5.74, 6) is -0.365. The summed E-state index contributed by atoms with van der Waals surface area (Å²) in [7, 11) is 0. The highest BCUT2D eigenvalue weighted by atomic mass is 35.5. The highest BCUT2D eigenvalue weighted by Crippen LogP contribution is 2.20. The van der Waals surface area contributed by atoms with Crippen LogP contribution in [-0.2, 0) is 0 Å². The lowest BCUT2D eigenvalue weighted by molar-refractivity contribution is 0.0869. The van der Waals surface area contributed by atoms with E-state index >= 15 is 0 Å². The number of benzene rings is 1. The van der Waals surface area contributed by atoms with E-state index in [1.165, 1.54) is 10.9 Å². The second kappa shape index (κ2) is 5.64. The Hall–Kier alpha value is -1.85. The van der Waals surface area contributed by atoms with Crippen LogP contribution in [0.4, 0.5) is 0 Å². The molecule has 6 heteroatoms. The molecular weight excluding hydrogens is 278 g/mol. The molecule has 20 heavy (non-hydrogen) atoms. The molecule has 0 atom stereocenters. The van der Waals surface area contributed by atoms with Crippen molar-refractivity contribution in [2.75, 3.05) is 6.61 Å². The van der Waals surface area contributed by atoms with Gasteiger partial charge in [0.25, 0.3) is 5.91 Å². The SMILES string of the molecule is CC(C)(CO)NC(=O)c1cnn(-c2ccccc2)c1Cl. The van der Waals surface area contributed by atoms with Crippen molar-refractivity contribution in [3.05, 3.63) is 47.2 Å². The number of rotatable bonds is 4. The fourth-order valence-electron chi connectivity index (χ4n) is 1.65. The van der Waals surface area contributed by atoms with Crippen molar-refractivity contribution in [3.63, 3.8) is 0 Å². The number of para-hydroxylation sites is 1. The van der Waals surface area contributed by atoms with Gasteiger partial charge in [0.1, 0.15) is 5.15 Å². The van der Waals surface area contributed by atoms with E-state index in [4.69, 9.17) is 11.6 Å². The maximum absolute atomic E-state index is 12.1. The molecule has 1 aromatic heterocycles. The first-order chi connectivity index (χ1) is 9.44. The van der Waals surface area contributed by atoms with Gasteiger partial charge < -0.3 is 10.4 Å². The first kappa shape index (κ1) is 14.6. The maximum atomic E-state index is 12.1. The summed E-state index contributed by atoms with van der Waals surface area (Å²) >= 11 is 6.20. The molecule has 2 N–H and O–H groups in total. The van der Waals surface area contributed by atoms with Crippen LogP contribution in [0.2, 0.25) is 5.15 Å². The molecule has 0 saturated carbocycles. The Bertz CT molecular complexity index is 608. The fourth-order valence-corrected chi connectivity index (χ4v) is 1.93. The normalized spacial score (nSPS) is 11.4. The number of hydrogen-bond acceptors (Lipinski definition) is 3. The van der Waals surface area contributed by atoms with Gasteiger partial charge in [-0.25, -0.2) is 4.68 Å². The van der Waals surface area contributed by atoms with Gasteiger partial charge in [-0.15, -0.1) is 0 Å². The van der Waals surface area contributed by atoms with Crippen LogP contribution in [0.5, 0.6) is 0 Å². The van der Waals surface area contributed by atoms with Gasteiger partial charge in [-0.1, -0.05) is 29.8 Å². The van der Waals surface area contributed by atoms with Crippen LogP contribution in [0.15, 0.2) is 36.5 Å². The molecule has 0 unspecified atom stereocenters. The zero-order valence-electron chi connectivity index (χ0n) is 11.3. The topological polar surface area (TPSA) is 67.2 Å². The molecule has 5 nitrogen and oxygen atoms in total. The number of aromatic nitrogens is 2. The van der Waals surface area contributed by atoms with Crippen LogP contribution in [0.1, 0.15) is 24.2 Å². The van der Waals surface area contributed by atoms with Gasteiger partial charge in [-0.05, 0) is 26.0 Å². The molecule has 0 aliphatic heterocycles. The number of carbonyl (C=O) groups is 1. The molecule has 0 radical (unpaired) electrons. The summed E-state index contributed by atoms with van der Waals surface area (Å²) in [4.78, 5) is 12.1. The molecule has 0 saturated heterocycles. The molecule has 2 aromatic rings. The predicted molar refractivity (Wildman–Crippen MR) is 77.2 cm³/mol. The van der Waals surface area contributed by atoms with Crippen LogP contribution in [0.25, 0.3) is 5.69 Å². The summed E-state index contributed by atoms with van der Waals surface area (Å²) in [5.41, 5.74) is 0.338. The molecule has 0 aliphatic rings. The molecule has 106 valence electrons. The standard InChI is InChI=1S/C14H16ClN3O2/c1-14(2,9-19)17-13(20)11-8-16-18(12(11)15)10-6-4-3-5-7-10/h3-8,19H,9H2,1-2H3,(H,17,20). The van der Waals surface area contributed by atoms with E-state index in [0.29, 0.717) is 0 Å². The van der Waals surface area contributed by atoms with E-state index in [9.17, 15) is 9.90 Å². The first-order valence-electron chi connectivity index (χ1n) is 6.17. The van der Waals surface area contributed by atoms with Crippen LogP contribution >= 0.6 is 11.6 Å². The molecule has 0 spiro atoms. The number of halogens is 1. The van der Waals surface area contributed by atoms with Gasteiger partial charge in [-0.2, -0.15) is 5.10 Å². The van der Waals surface area contributed by atoms with E-state index in [-0.39, 0.29) is 23.2 Å². The third kappa shape index (κ3) is 3.00. The summed E-state index contributed by atoms with van der Waals surface area (Å²) < 4.78 is 1.49. The number of nitrogens with one attached hydrogen (secondary N) is 1. The second-order valence-corrected chi connectivity index (χ2v) is 5.45. The molecule has 2 rings (SSSR count). The van der Waals surface area contributed by atoms with Gasteiger partial charge in [0.15, 0.2) is 0 Å². The molecule has 1 aromatic carbocycles. The van der Waals surface area contributed by atoms with Crippen LogP contribution < -0.4 is 5.32 Å². The Morgan fingerprint density at radius 3 is 2.65 bits per heavy atom. The van der Waals surface area contributed by atoms with Crippen molar-refractivity contribution in [1.82, 2.24) is 15.1 Å². The van der Waals surface area contributed by atoms with E-state index < -0.39 is 5.54 Å². The second-order valence-electron chi connectivity index (χ2n) is 5.09. The molecule has 0 bridgehead atoms. The summed E-state index contributed by atoms with van der Waals surface area (Å²) in [5, 5.41) is 16.2. The lowest BCUT2D eigenvalue weighted by Gasteiger charge is -2.23. The quantitative estimate of drug-likeness (QED) is 0.906. The molecule has 1 amide bonds. The van der Waals surface area contributed by atoms with E-state index in [1.807, 2.05) is 30.3 Å². The van der Waals surface area contributed by atoms with Crippen molar-refractivity contribution in [1.29, 1.82) is 0 Å². The number of aliphatic hydroxyl groups is 1. The van der Waals surface area contributed by atoms with Gasteiger partial charge in [0, 0.05) is 0 Å². The zero-order valence-corrected chi connectivity index (χ0v) is 12.1. The van der Waals surface area contributed by atoms with Crippen LogP contribution in [0, 0.1) is 0 Å². The minimum Gasteiger partial charge on any atom is -0.394 e.